The third-order valence-corrected chi connectivity index (χ3v) is 7.78. The van der Waals surface area contributed by atoms with Crippen molar-refractivity contribution in [2.24, 2.45) is 29.1 Å². The van der Waals surface area contributed by atoms with E-state index >= 15 is 0 Å². The number of ether oxygens (including phenoxy) is 2. The molecule has 0 aromatic carbocycles. The van der Waals surface area contributed by atoms with Crippen molar-refractivity contribution in [3.63, 3.8) is 0 Å². The summed E-state index contributed by atoms with van der Waals surface area (Å²) in [5.41, 5.74) is 0.586. The maximum Gasteiger partial charge on any atom is 0.222 e. The molecule has 4 nitrogen and oxygen atoms in total. The van der Waals surface area contributed by atoms with Crippen molar-refractivity contribution in [1.29, 1.82) is 0 Å². The predicted molar refractivity (Wildman–Crippen MR) is 118 cm³/mol. The summed E-state index contributed by atoms with van der Waals surface area (Å²) in [7, 11) is 0. The fourth-order valence-electron chi connectivity index (χ4n) is 6.62. The molecule has 4 fully saturated rings. The molecular weight excluding hydrogens is 362 g/mol. The highest BCUT2D eigenvalue weighted by Crippen LogP contribution is 2.61. The maximum atomic E-state index is 12.4. The fraction of sp³-hybridized carbons (Fsp3) is 0.960. The van der Waals surface area contributed by atoms with Crippen LogP contribution in [-0.2, 0) is 14.3 Å². The number of carbonyl (C=O) groups is 1. The Bertz CT molecular complexity index is 457. The third-order valence-electron chi connectivity index (χ3n) is 7.78. The third kappa shape index (κ3) is 7.24. The fourth-order valence-corrected chi connectivity index (χ4v) is 6.62. The molecule has 0 aromatic heterocycles. The lowest BCUT2D eigenvalue weighted by Gasteiger charge is -2.57. The van der Waals surface area contributed by atoms with Gasteiger partial charge in [0.1, 0.15) is 0 Å². The number of hydrogen-bond donors (Lipinski definition) is 1. The highest BCUT2D eigenvalue weighted by molar-refractivity contribution is 5.78. The van der Waals surface area contributed by atoms with E-state index in [0.29, 0.717) is 31.8 Å². The average molecular weight is 408 g/mol. The lowest BCUT2D eigenvalue weighted by Crippen LogP contribution is -2.46. The monoisotopic (exact) mass is 407 g/mol. The lowest BCUT2D eigenvalue weighted by molar-refractivity contribution is -0.125. The van der Waals surface area contributed by atoms with Gasteiger partial charge in [0.25, 0.3) is 0 Å². The van der Waals surface area contributed by atoms with E-state index in [1.165, 1.54) is 64.2 Å². The van der Waals surface area contributed by atoms with E-state index in [9.17, 15) is 4.79 Å². The molecule has 1 atom stereocenters. The summed E-state index contributed by atoms with van der Waals surface area (Å²) in [6.45, 7) is 7.61. The second kappa shape index (κ2) is 11.7. The van der Waals surface area contributed by atoms with Gasteiger partial charge in [0.2, 0.25) is 5.91 Å². The molecule has 29 heavy (non-hydrogen) atoms. The van der Waals surface area contributed by atoms with Crippen LogP contribution in [0.3, 0.4) is 0 Å². The SMILES string of the molecule is CCCCCCOCCOCCNC(=O)C(C)CCC12CC3CC(CC(C3)C1)C2. The molecule has 0 aliphatic heterocycles. The first kappa shape index (κ1) is 23.1. The summed E-state index contributed by atoms with van der Waals surface area (Å²) in [4.78, 5) is 12.4. The summed E-state index contributed by atoms with van der Waals surface area (Å²) >= 11 is 0. The highest BCUT2D eigenvalue weighted by atomic mass is 16.5. The highest BCUT2D eigenvalue weighted by Gasteiger charge is 2.50. The van der Waals surface area contributed by atoms with Crippen molar-refractivity contribution in [2.45, 2.75) is 90.9 Å². The van der Waals surface area contributed by atoms with Crippen molar-refractivity contribution >= 4 is 5.91 Å². The first-order valence-corrected chi connectivity index (χ1v) is 12.5. The molecule has 4 heteroatoms. The van der Waals surface area contributed by atoms with Crippen LogP contribution in [0.25, 0.3) is 0 Å². The van der Waals surface area contributed by atoms with Crippen LogP contribution in [0.1, 0.15) is 90.9 Å². The largest absolute Gasteiger partial charge is 0.379 e. The lowest BCUT2D eigenvalue weighted by atomic mass is 9.48. The molecule has 0 spiro atoms. The summed E-state index contributed by atoms with van der Waals surface area (Å²) < 4.78 is 11.1. The van der Waals surface area contributed by atoms with Crippen LogP contribution in [-0.4, -0.2) is 38.9 Å². The first-order valence-electron chi connectivity index (χ1n) is 12.5. The minimum absolute atomic E-state index is 0.120. The Balaban J connectivity index is 1.19. The van der Waals surface area contributed by atoms with Crippen molar-refractivity contribution in [2.75, 3.05) is 33.0 Å². The van der Waals surface area contributed by atoms with Gasteiger partial charge in [0, 0.05) is 19.1 Å². The summed E-state index contributed by atoms with van der Waals surface area (Å²) in [5.74, 6) is 3.33. The summed E-state index contributed by atoms with van der Waals surface area (Å²) in [5, 5.41) is 3.06. The van der Waals surface area contributed by atoms with Crippen molar-refractivity contribution in [3.05, 3.63) is 0 Å². The van der Waals surface area contributed by atoms with Crippen LogP contribution < -0.4 is 5.32 Å². The molecule has 0 saturated heterocycles. The van der Waals surface area contributed by atoms with Gasteiger partial charge in [-0.2, -0.15) is 0 Å². The second-order valence-electron chi connectivity index (χ2n) is 10.4. The Morgan fingerprint density at radius 3 is 2.17 bits per heavy atom. The van der Waals surface area contributed by atoms with E-state index in [1.807, 2.05) is 0 Å². The van der Waals surface area contributed by atoms with Gasteiger partial charge < -0.3 is 14.8 Å². The van der Waals surface area contributed by atoms with Gasteiger partial charge in [-0.3, -0.25) is 4.79 Å². The molecular formula is C25H45NO3. The number of unbranched alkanes of at least 4 members (excludes halogenated alkanes) is 3. The summed E-state index contributed by atoms with van der Waals surface area (Å²) in [6.07, 6.45) is 16.1. The van der Waals surface area contributed by atoms with Crippen LogP contribution in [0.5, 0.6) is 0 Å². The Hall–Kier alpha value is -0.610. The Morgan fingerprint density at radius 2 is 1.55 bits per heavy atom. The molecule has 4 bridgehead atoms. The molecule has 1 N–H and O–H groups in total. The topological polar surface area (TPSA) is 47.6 Å². The quantitative estimate of drug-likeness (QED) is 0.372. The Labute approximate surface area is 178 Å². The molecule has 4 saturated carbocycles. The molecule has 168 valence electrons. The zero-order valence-corrected chi connectivity index (χ0v) is 19.1. The van der Waals surface area contributed by atoms with E-state index in [1.54, 1.807) is 0 Å². The number of nitrogens with one attached hydrogen (secondary N) is 1. The molecule has 0 heterocycles. The molecule has 0 radical (unpaired) electrons. The normalized spacial score (nSPS) is 31.2. The molecule has 4 aliphatic carbocycles. The van der Waals surface area contributed by atoms with Crippen LogP contribution in [0.15, 0.2) is 0 Å². The van der Waals surface area contributed by atoms with Gasteiger partial charge in [-0.25, -0.2) is 0 Å². The molecule has 4 aliphatic rings. The number of amides is 1. The minimum Gasteiger partial charge on any atom is -0.379 e. The van der Waals surface area contributed by atoms with E-state index in [0.717, 1.165) is 37.2 Å². The molecule has 1 amide bonds. The van der Waals surface area contributed by atoms with Gasteiger partial charge in [-0.1, -0.05) is 33.1 Å². The van der Waals surface area contributed by atoms with Crippen molar-refractivity contribution < 1.29 is 14.3 Å². The Morgan fingerprint density at radius 1 is 0.931 bits per heavy atom. The van der Waals surface area contributed by atoms with Gasteiger partial charge in [0.15, 0.2) is 0 Å². The van der Waals surface area contributed by atoms with Gasteiger partial charge in [-0.15, -0.1) is 0 Å². The second-order valence-corrected chi connectivity index (χ2v) is 10.4. The Kier molecular flexibility index (Phi) is 9.30. The standard InChI is InChI=1S/C25H45NO3/c1-3-4-5-6-10-28-12-13-29-11-9-26-24(27)20(2)7-8-25-17-21-14-22(18-25)16-23(15-21)19-25/h20-23H,3-19H2,1-2H3,(H,26,27). The van der Waals surface area contributed by atoms with Crippen molar-refractivity contribution in [3.8, 4) is 0 Å². The van der Waals surface area contributed by atoms with Gasteiger partial charge in [0.05, 0.1) is 19.8 Å². The van der Waals surface area contributed by atoms with E-state index in [-0.39, 0.29) is 11.8 Å². The van der Waals surface area contributed by atoms with Gasteiger partial charge >= 0.3 is 0 Å². The van der Waals surface area contributed by atoms with Crippen LogP contribution in [0, 0.1) is 29.1 Å². The van der Waals surface area contributed by atoms with E-state index in [2.05, 4.69) is 19.2 Å². The van der Waals surface area contributed by atoms with E-state index < -0.39 is 0 Å². The number of carbonyl (C=O) groups excluding carboxylic acids is 1. The average Bonchev–Trinajstić information content (AvgIpc) is 2.69. The van der Waals surface area contributed by atoms with Gasteiger partial charge in [-0.05, 0) is 81.0 Å². The number of hydrogen-bond acceptors (Lipinski definition) is 3. The summed E-state index contributed by atoms with van der Waals surface area (Å²) in [6, 6.07) is 0. The molecule has 1 unspecified atom stereocenters. The molecule has 0 aromatic rings. The van der Waals surface area contributed by atoms with Crippen LogP contribution in [0.2, 0.25) is 0 Å². The maximum absolute atomic E-state index is 12.4. The molecule has 4 rings (SSSR count). The van der Waals surface area contributed by atoms with Crippen molar-refractivity contribution in [1.82, 2.24) is 5.32 Å². The van der Waals surface area contributed by atoms with Crippen LogP contribution >= 0.6 is 0 Å². The smallest absolute Gasteiger partial charge is 0.222 e. The predicted octanol–water partition coefficient (Wildman–Crippen LogP) is 5.35. The first-order chi connectivity index (χ1) is 14.1. The minimum atomic E-state index is 0.120. The van der Waals surface area contributed by atoms with Crippen LogP contribution in [0.4, 0.5) is 0 Å². The zero-order valence-electron chi connectivity index (χ0n) is 19.1. The zero-order chi connectivity index (χ0) is 20.5. The number of rotatable bonds is 15. The van der Waals surface area contributed by atoms with E-state index in [4.69, 9.17) is 9.47 Å².